The highest BCUT2D eigenvalue weighted by Crippen LogP contribution is 2.44. The number of aryl methyl sites for hydroxylation is 1. The minimum atomic E-state index is -0.186. The highest BCUT2D eigenvalue weighted by Gasteiger charge is 2.44. The molecule has 1 saturated carbocycles. The van der Waals surface area contributed by atoms with Crippen molar-refractivity contribution >= 4 is 17.7 Å². The summed E-state index contributed by atoms with van der Waals surface area (Å²) in [7, 11) is 1.97. The van der Waals surface area contributed by atoms with Crippen LogP contribution in [0.1, 0.15) is 50.5 Å². The number of imidazole rings is 1. The van der Waals surface area contributed by atoms with Gasteiger partial charge in [0.25, 0.3) is 0 Å². The SMILES string of the molecule is Cn1ccnc1[C@@H]1OCC[C@H]1C(=O)N1CCSC2(CCCCC2)C1. The number of carbonyl (C=O) groups excluding carboxylic acids is 1. The molecule has 1 aromatic rings. The number of hydrogen-bond donors (Lipinski definition) is 0. The highest BCUT2D eigenvalue weighted by atomic mass is 32.2. The first kappa shape index (κ1) is 16.5. The van der Waals surface area contributed by atoms with E-state index in [-0.39, 0.29) is 17.9 Å². The second-order valence-electron chi connectivity index (χ2n) is 7.43. The zero-order valence-electron chi connectivity index (χ0n) is 14.4. The van der Waals surface area contributed by atoms with E-state index in [0.29, 0.717) is 11.4 Å². The number of thioether (sulfide) groups is 1. The fourth-order valence-corrected chi connectivity index (χ4v) is 6.08. The van der Waals surface area contributed by atoms with Crippen LogP contribution in [0.4, 0.5) is 0 Å². The smallest absolute Gasteiger partial charge is 0.228 e. The third-order valence-corrected chi connectivity index (χ3v) is 7.38. The Balaban J connectivity index is 1.49. The van der Waals surface area contributed by atoms with Crippen LogP contribution in [0.5, 0.6) is 0 Å². The number of nitrogens with zero attached hydrogens (tertiary/aromatic N) is 3. The Kier molecular flexibility index (Phi) is 4.60. The molecule has 0 radical (unpaired) electrons. The molecule has 1 aromatic heterocycles. The van der Waals surface area contributed by atoms with Crippen LogP contribution >= 0.6 is 11.8 Å². The molecule has 1 spiro atoms. The largest absolute Gasteiger partial charge is 0.369 e. The van der Waals surface area contributed by atoms with Crippen LogP contribution < -0.4 is 0 Å². The monoisotopic (exact) mass is 349 g/mol. The van der Waals surface area contributed by atoms with Crippen LogP contribution in [0, 0.1) is 5.92 Å². The first-order valence-electron chi connectivity index (χ1n) is 9.20. The standard InChI is InChI=1S/C18H27N3O2S/c1-20-9-8-19-16(20)15-14(5-11-23-15)17(22)21-10-12-24-18(13-21)6-3-2-4-7-18/h8-9,14-15H,2-7,10-13H2,1H3/t14-,15-/m1/s1. The van der Waals surface area contributed by atoms with Crippen molar-refractivity contribution in [3.8, 4) is 0 Å². The molecule has 6 heteroatoms. The van der Waals surface area contributed by atoms with Crippen molar-refractivity contribution in [3.63, 3.8) is 0 Å². The molecular formula is C18H27N3O2S. The number of carbonyl (C=O) groups is 1. The van der Waals surface area contributed by atoms with E-state index in [1.807, 2.05) is 17.8 Å². The Morgan fingerprint density at radius 1 is 1.38 bits per heavy atom. The maximum absolute atomic E-state index is 13.2. The van der Waals surface area contributed by atoms with Gasteiger partial charge in [0.15, 0.2) is 0 Å². The molecule has 1 aliphatic carbocycles. The molecule has 0 unspecified atom stereocenters. The number of hydrogen-bond acceptors (Lipinski definition) is 4. The third kappa shape index (κ3) is 2.99. The summed E-state index contributed by atoms with van der Waals surface area (Å²) < 4.78 is 8.20. The molecule has 24 heavy (non-hydrogen) atoms. The van der Waals surface area contributed by atoms with Gasteiger partial charge in [-0.05, 0) is 19.3 Å². The van der Waals surface area contributed by atoms with Crippen molar-refractivity contribution < 1.29 is 9.53 Å². The third-order valence-electron chi connectivity index (χ3n) is 5.85. The van der Waals surface area contributed by atoms with Crippen molar-refractivity contribution in [3.05, 3.63) is 18.2 Å². The Morgan fingerprint density at radius 2 is 2.21 bits per heavy atom. The van der Waals surface area contributed by atoms with Gasteiger partial charge in [0, 0.05) is 49.6 Å². The van der Waals surface area contributed by atoms with E-state index in [1.54, 1.807) is 6.20 Å². The van der Waals surface area contributed by atoms with E-state index >= 15 is 0 Å². The second-order valence-corrected chi connectivity index (χ2v) is 9.00. The Bertz CT molecular complexity index is 591. The zero-order chi connectivity index (χ0) is 16.6. The molecule has 2 saturated heterocycles. The molecule has 132 valence electrons. The van der Waals surface area contributed by atoms with Crippen LogP contribution in [0.15, 0.2) is 12.4 Å². The molecule has 2 atom stereocenters. The summed E-state index contributed by atoms with van der Waals surface area (Å²) >= 11 is 2.11. The van der Waals surface area contributed by atoms with E-state index < -0.39 is 0 Å². The summed E-state index contributed by atoms with van der Waals surface area (Å²) in [5, 5.41) is 0. The van der Waals surface area contributed by atoms with Gasteiger partial charge in [0.2, 0.25) is 5.91 Å². The molecule has 2 aliphatic heterocycles. The topological polar surface area (TPSA) is 47.4 Å². The minimum absolute atomic E-state index is 0.0742. The Labute approximate surface area is 148 Å². The van der Waals surface area contributed by atoms with Crippen molar-refractivity contribution in [2.75, 3.05) is 25.4 Å². The van der Waals surface area contributed by atoms with Crippen LogP contribution in [-0.2, 0) is 16.6 Å². The quantitative estimate of drug-likeness (QED) is 0.824. The van der Waals surface area contributed by atoms with Gasteiger partial charge in [0.05, 0.1) is 5.92 Å². The van der Waals surface area contributed by atoms with Gasteiger partial charge in [-0.25, -0.2) is 4.98 Å². The van der Waals surface area contributed by atoms with Gasteiger partial charge in [-0.2, -0.15) is 11.8 Å². The molecule has 0 aromatic carbocycles. The van der Waals surface area contributed by atoms with Crippen LogP contribution in [0.25, 0.3) is 0 Å². The van der Waals surface area contributed by atoms with Gasteiger partial charge in [-0.15, -0.1) is 0 Å². The van der Waals surface area contributed by atoms with Gasteiger partial charge >= 0.3 is 0 Å². The Morgan fingerprint density at radius 3 is 2.96 bits per heavy atom. The first-order valence-corrected chi connectivity index (χ1v) is 10.2. The summed E-state index contributed by atoms with van der Waals surface area (Å²) in [5.41, 5.74) is 0. The fraction of sp³-hybridized carbons (Fsp3) is 0.778. The zero-order valence-corrected chi connectivity index (χ0v) is 15.3. The van der Waals surface area contributed by atoms with Crippen molar-refractivity contribution in [1.29, 1.82) is 0 Å². The second kappa shape index (κ2) is 6.71. The van der Waals surface area contributed by atoms with Crippen LogP contribution in [-0.4, -0.2) is 50.6 Å². The molecule has 3 aliphatic rings. The van der Waals surface area contributed by atoms with E-state index in [4.69, 9.17) is 4.74 Å². The number of amides is 1. The lowest BCUT2D eigenvalue weighted by atomic mass is 9.87. The molecule has 4 rings (SSSR count). The van der Waals surface area contributed by atoms with Crippen LogP contribution in [0.2, 0.25) is 0 Å². The lowest BCUT2D eigenvalue weighted by Gasteiger charge is -2.45. The van der Waals surface area contributed by atoms with E-state index in [1.165, 1.54) is 32.1 Å². The van der Waals surface area contributed by atoms with Crippen molar-refractivity contribution in [2.24, 2.45) is 13.0 Å². The van der Waals surface area contributed by atoms with Gasteiger partial charge < -0.3 is 14.2 Å². The maximum Gasteiger partial charge on any atom is 0.228 e. The van der Waals surface area contributed by atoms with E-state index in [2.05, 4.69) is 21.6 Å². The molecule has 3 fully saturated rings. The predicted molar refractivity (Wildman–Crippen MR) is 94.9 cm³/mol. The number of aromatic nitrogens is 2. The van der Waals surface area contributed by atoms with Crippen LogP contribution in [0.3, 0.4) is 0 Å². The summed E-state index contributed by atoms with van der Waals surface area (Å²) in [6.07, 6.45) is 10.9. The van der Waals surface area contributed by atoms with E-state index in [0.717, 1.165) is 31.1 Å². The molecule has 0 bridgehead atoms. The average Bonchev–Trinajstić information content (AvgIpc) is 3.23. The van der Waals surface area contributed by atoms with Gasteiger partial charge in [-0.1, -0.05) is 19.3 Å². The molecule has 0 N–H and O–H groups in total. The normalized spacial score (nSPS) is 30.0. The molecule has 1 amide bonds. The summed E-state index contributed by atoms with van der Waals surface area (Å²) in [4.78, 5) is 19.8. The van der Waals surface area contributed by atoms with Crippen molar-refractivity contribution in [1.82, 2.24) is 14.5 Å². The van der Waals surface area contributed by atoms with Gasteiger partial charge in [0.1, 0.15) is 11.9 Å². The molecule has 3 heterocycles. The number of ether oxygens (including phenoxy) is 1. The summed E-state index contributed by atoms with van der Waals surface area (Å²) in [6.45, 7) is 2.47. The maximum atomic E-state index is 13.2. The average molecular weight is 350 g/mol. The minimum Gasteiger partial charge on any atom is -0.369 e. The predicted octanol–water partition coefficient (Wildman–Crippen LogP) is 2.78. The lowest BCUT2D eigenvalue weighted by molar-refractivity contribution is -0.138. The van der Waals surface area contributed by atoms with E-state index in [9.17, 15) is 4.79 Å². The molecule has 5 nitrogen and oxygen atoms in total. The number of rotatable bonds is 2. The highest BCUT2D eigenvalue weighted by molar-refractivity contribution is 8.00. The summed E-state index contributed by atoms with van der Waals surface area (Å²) in [6, 6.07) is 0. The lowest BCUT2D eigenvalue weighted by Crippen LogP contribution is -2.51. The fourth-order valence-electron chi connectivity index (χ4n) is 4.51. The van der Waals surface area contributed by atoms with Gasteiger partial charge in [-0.3, -0.25) is 4.79 Å². The first-order chi connectivity index (χ1) is 11.7. The van der Waals surface area contributed by atoms with Crippen molar-refractivity contribution in [2.45, 2.75) is 49.4 Å². The molecular weight excluding hydrogens is 322 g/mol. The Hall–Kier alpha value is -1.01. The summed E-state index contributed by atoms with van der Waals surface area (Å²) in [5.74, 6) is 2.16.